The number of carbonyl (C=O) groups excluding carboxylic acids is 1. The number of nitrogens with two attached hydrogens (primary N) is 1. The van der Waals surface area contributed by atoms with E-state index in [-0.39, 0.29) is 5.91 Å². The van der Waals surface area contributed by atoms with E-state index in [0.29, 0.717) is 10.6 Å². The summed E-state index contributed by atoms with van der Waals surface area (Å²) in [6.45, 7) is 5.24. The first-order valence-electron chi connectivity index (χ1n) is 7.56. The smallest absolute Gasteiger partial charge is 0.238 e. The lowest BCUT2D eigenvalue weighted by molar-refractivity contribution is -0.130. The Bertz CT molecular complexity index is 537. The van der Waals surface area contributed by atoms with Gasteiger partial charge < -0.3 is 10.6 Å². The third-order valence-corrected chi connectivity index (χ3v) is 5.62. The Kier molecular flexibility index (Phi) is 5.39. The van der Waals surface area contributed by atoms with Crippen LogP contribution in [0, 0.1) is 6.92 Å². The van der Waals surface area contributed by atoms with Crippen molar-refractivity contribution in [3.8, 4) is 0 Å². The van der Waals surface area contributed by atoms with Gasteiger partial charge in [-0.3, -0.25) is 9.00 Å². The third-order valence-electron chi connectivity index (χ3n) is 3.97. The first-order valence-corrected chi connectivity index (χ1v) is 8.77. The highest BCUT2D eigenvalue weighted by molar-refractivity contribution is 7.86. The number of rotatable bonds is 3. The zero-order valence-corrected chi connectivity index (χ0v) is 13.6. The van der Waals surface area contributed by atoms with Crippen molar-refractivity contribution >= 4 is 22.4 Å². The molecule has 0 bridgehead atoms. The SMILES string of the molecule is Cc1ccc(S(=O)C(C)C(=O)N2CCCCCC2)c(N)c1. The van der Waals surface area contributed by atoms with Crippen LogP contribution in [0.4, 0.5) is 5.69 Å². The van der Waals surface area contributed by atoms with Crippen molar-refractivity contribution in [2.45, 2.75) is 49.7 Å². The highest BCUT2D eigenvalue weighted by atomic mass is 32.2. The van der Waals surface area contributed by atoms with Gasteiger partial charge in [-0.15, -0.1) is 0 Å². The van der Waals surface area contributed by atoms with E-state index in [0.717, 1.165) is 31.5 Å². The van der Waals surface area contributed by atoms with Crippen LogP contribution < -0.4 is 5.73 Å². The van der Waals surface area contributed by atoms with Crippen LogP contribution in [0.25, 0.3) is 0 Å². The molecule has 1 aliphatic rings. The van der Waals surface area contributed by atoms with Crippen LogP contribution in [0.1, 0.15) is 38.2 Å². The van der Waals surface area contributed by atoms with Crippen molar-refractivity contribution < 1.29 is 9.00 Å². The predicted molar refractivity (Wildman–Crippen MR) is 86.5 cm³/mol. The first-order chi connectivity index (χ1) is 10.0. The van der Waals surface area contributed by atoms with Crippen molar-refractivity contribution in [2.24, 2.45) is 0 Å². The maximum Gasteiger partial charge on any atom is 0.238 e. The molecule has 1 aromatic carbocycles. The van der Waals surface area contributed by atoms with Gasteiger partial charge in [-0.2, -0.15) is 0 Å². The number of hydrogen-bond donors (Lipinski definition) is 1. The molecule has 1 aliphatic heterocycles. The molecule has 1 heterocycles. The minimum absolute atomic E-state index is 0.0183. The van der Waals surface area contributed by atoms with E-state index in [4.69, 9.17) is 5.73 Å². The second-order valence-corrected chi connectivity index (χ2v) is 7.46. The average molecular weight is 308 g/mol. The molecule has 4 nitrogen and oxygen atoms in total. The van der Waals surface area contributed by atoms with Gasteiger partial charge in [-0.25, -0.2) is 0 Å². The van der Waals surface area contributed by atoms with Crippen molar-refractivity contribution in [3.63, 3.8) is 0 Å². The molecule has 2 rings (SSSR count). The topological polar surface area (TPSA) is 63.4 Å². The number of hydrogen-bond acceptors (Lipinski definition) is 3. The molecule has 0 radical (unpaired) electrons. The molecule has 2 unspecified atom stereocenters. The molecule has 2 N–H and O–H groups in total. The van der Waals surface area contributed by atoms with Gasteiger partial charge in [0.15, 0.2) is 0 Å². The summed E-state index contributed by atoms with van der Waals surface area (Å²) in [7, 11) is -1.40. The molecular formula is C16H24N2O2S. The minimum Gasteiger partial charge on any atom is -0.398 e. The maximum atomic E-state index is 12.6. The zero-order valence-electron chi connectivity index (χ0n) is 12.8. The van der Waals surface area contributed by atoms with Crippen molar-refractivity contribution in [2.75, 3.05) is 18.8 Å². The lowest BCUT2D eigenvalue weighted by atomic mass is 10.2. The van der Waals surface area contributed by atoms with Crippen molar-refractivity contribution in [1.29, 1.82) is 0 Å². The number of nitrogens with zero attached hydrogens (tertiary/aromatic N) is 1. The lowest BCUT2D eigenvalue weighted by Gasteiger charge is -2.24. The molecule has 0 aromatic heterocycles. The standard InChI is InChI=1S/C16H24N2O2S/c1-12-7-8-15(14(17)11-12)21(20)13(2)16(19)18-9-5-3-4-6-10-18/h7-8,11,13H,3-6,9-10,17H2,1-2H3. The van der Waals surface area contributed by atoms with Crippen LogP contribution in [0.15, 0.2) is 23.1 Å². The van der Waals surface area contributed by atoms with Crippen LogP contribution in [0.2, 0.25) is 0 Å². The molecule has 1 amide bonds. The quantitative estimate of drug-likeness (QED) is 0.873. The molecule has 0 aliphatic carbocycles. The molecule has 1 fully saturated rings. The number of likely N-dealkylation sites (tertiary alicyclic amines) is 1. The predicted octanol–water partition coefficient (Wildman–Crippen LogP) is 2.48. The fourth-order valence-electron chi connectivity index (χ4n) is 2.68. The van der Waals surface area contributed by atoms with Gasteiger partial charge in [-0.05, 0) is 44.4 Å². The van der Waals surface area contributed by atoms with Gasteiger partial charge >= 0.3 is 0 Å². The van der Waals surface area contributed by atoms with Crippen LogP contribution in [-0.4, -0.2) is 33.4 Å². The summed E-state index contributed by atoms with van der Waals surface area (Å²) in [5.74, 6) is -0.0183. The fourth-order valence-corrected chi connectivity index (χ4v) is 3.89. The molecule has 1 saturated heterocycles. The van der Waals surface area contributed by atoms with Crippen molar-refractivity contribution in [1.82, 2.24) is 4.90 Å². The van der Waals surface area contributed by atoms with Crippen LogP contribution in [0.3, 0.4) is 0 Å². The molecule has 5 heteroatoms. The van der Waals surface area contributed by atoms with Gasteiger partial charge in [0.05, 0.1) is 15.7 Å². The van der Waals surface area contributed by atoms with Gasteiger partial charge in [0.1, 0.15) is 5.25 Å². The molecule has 0 spiro atoms. The second-order valence-electron chi connectivity index (χ2n) is 5.72. The first kappa shape index (κ1) is 16.0. The van der Waals surface area contributed by atoms with E-state index in [1.165, 1.54) is 12.8 Å². The summed E-state index contributed by atoms with van der Waals surface area (Å²) in [4.78, 5) is 15.0. The molecule has 1 aromatic rings. The Hall–Kier alpha value is -1.36. The minimum atomic E-state index is -1.40. The summed E-state index contributed by atoms with van der Waals surface area (Å²) < 4.78 is 12.6. The summed E-state index contributed by atoms with van der Waals surface area (Å²) >= 11 is 0. The number of nitrogen functional groups attached to an aromatic ring is 1. The lowest BCUT2D eigenvalue weighted by Crippen LogP contribution is -2.40. The zero-order chi connectivity index (χ0) is 15.4. The largest absolute Gasteiger partial charge is 0.398 e. The van der Waals surface area contributed by atoms with E-state index in [1.54, 1.807) is 19.1 Å². The van der Waals surface area contributed by atoms with Crippen molar-refractivity contribution in [3.05, 3.63) is 23.8 Å². The Morgan fingerprint density at radius 2 is 1.86 bits per heavy atom. The van der Waals surface area contributed by atoms with E-state index in [9.17, 15) is 9.00 Å². The molecule has 2 atom stereocenters. The third kappa shape index (κ3) is 3.84. The Balaban J connectivity index is 2.12. The Morgan fingerprint density at radius 3 is 2.43 bits per heavy atom. The average Bonchev–Trinajstić information content (AvgIpc) is 2.74. The maximum absolute atomic E-state index is 12.6. The Labute approximate surface area is 129 Å². The van der Waals surface area contributed by atoms with E-state index in [1.807, 2.05) is 17.9 Å². The van der Waals surface area contributed by atoms with Crippen LogP contribution in [0.5, 0.6) is 0 Å². The number of benzene rings is 1. The van der Waals surface area contributed by atoms with Gasteiger partial charge in [0.25, 0.3) is 0 Å². The van der Waals surface area contributed by atoms with E-state index in [2.05, 4.69) is 0 Å². The van der Waals surface area contributed by atoms with E-state index >= 15 is 0 Å². The second kappa shape index (κ2) is 7.07. The van der Waals surface area contributed by atoms with E-state index < -0.39 is 16.0 Å². The van der Waals surface area contributed by atoms with Gasteiger partial charge in [0.2, 0.25) is 5.91 Å². The summed E-state index contributed by atoms with van der Waals surface area (Å²) in [5.41, 5.74) is 7.48. The Morgan fingerprint density at radius 1 is 1.24 bits per heavy atom. The normalized spacial score (nSPS) is 18.9. The highest BCUT2D eigenvalue weighted by Crippen LogP contribution is 2.22. The summed E-state index contributed by atoms with van der Waals surface area (Å²) in [6.07, 6.45) is 4.42. The molecule has 0 saturated carbocycles. The van der Waals surface area contributed by atoms with Crippen LogP contribution in [-0.2, 0) is 15.6 Å². The van der Waals surface area contributed by atoms with Gasteiger partial charge in [0, 0.05) is 18.8 Å². The fraction of sp³-hybridized carbons (Fsp3) is 0.562. The number of aryl methyl sites for hydroxylation is 1. The highest BCUT2D eigenvalue weighted by Gasteiger charge is 2.27. The van der Waals surface area contributed by atoms with Crippen LogP contribution >= 0.6 is 0 Å². The summed E-state index contributed by atoms with van der Waals surface area (Å²) in [5, 5.41) is -0.548. The number of amides is 1. The monoisotopic (exact) mass is 308 g/mol. The summed E-state index contributed by atoms with van der Waals surface area (Å²) in [6, 6.07) is 5.45. The number of carbonyl (C=O) groups is 1. The molecule has 116 valence electrons. The number of anilines is 1. The molecule has 21 heavy (non-hydrogen) atoms. The molecular weight excluding hydrogens is 284 g/mol. The van der Waals surface area contributed by atoms with Gasteiger partial charge in [-0.1, -0.05) is 18.9 Å².